The van der Waals surface area contributed by atoms with Crippen molar-refractivity contribution in [2.75, 3.05) is 23.4 Å². The Morgan fingerprint density at radius 2 is 1.94 bits per heavy atom. The third-order valence-corrected chi connectivity index (χ3v) is 5.79. The van der Waals surface area contributed by atoms with Gasteiger partial charge in [-0.05, 0) is 65.0 Å². The Kier molecular flexibility index (Phi) is 7.32. The number of nitrogens with one attached hydrogen (secondary N) is 2. The third-order valence-electron chi connectivity index (χ3n) is 5.79. The summed E-state index contributed by atoms with van der Waals surface area (Å²) >= 11 is 0. The molecule has 0 radical (unpaired) electrons. The van der Waals surface area contributed by atoms with E-state index in [-0.39, 0.29) is 17.8 Å². The molecule has 0 spiro atoms. The van der Waals surface area contributed by atoms with Gasteiger partial charge in [-0.1, -0.05) is 0 Å². The molecule has 2 aromatic heterocycles. The Morgan fingerprint density at radius 3 is 2.66 bits per heavy atom. The van der Waals surface area contributed by atoms with Crippen molar-refractivity contribution in [3.05, 3.63) is 30.3 Å². The van der Waals surface area contributed by atoms with E-state index in [1.807, 2.05) is 20.8 Å². The molecule has 2 amide bonds. The fraction of sp³-hybridized carbons (Fsp3) is 0.542. The fourth-order valence-electron chi connectivity index (χ4n) is 4.15. The first-order chi connectivity index (χ1) is 16.7. The minimum absolute atomic E-state index is 0.0457. The molecule has 35 heavy (non-hydrogen) atoms. The highest BCUT2D eigenvalue weighted by atomic mass is 19.1. The van der Waals surface area contributed by atoms with Gasteiger partial charge in [0, 0.05) is 30.4 Å². The molecule has 0 unspecified atom stereocenters. The molecule has 2 aromatic rings. The summed E-state index contributed by atoms with van der Waals surface area (Å²) in [7, 11) is 0. The van der Waals surface area contributed by atoms with Gasteiger partial charge in [0.1, 0.15) is 17.1 Å². The number of ether oxygens (including phenoxy) is 2. The molecule has 2 fully saturated rings. The standard InChI is InChI=1S/C24H31FN6O4/c1-24(2,3)35-22(32)29-17-7-5-16(6-8-17)28-21-27-14-18(25)20(30-21)15-9-10-26-19(13-15)31-11-4-12-34-23(31)33/h9-10,13-14,16-17H,4-8,11-12H2,1-3H3,(H,29,32)(H,27,28,30)/t16-,17-. The number of nitrogens with zero attached hydrogens (tertiary/aromatic N) is 4. The summed E-state index contributed by atoms with van der Waals surface area (Å²) in [6.07, 6.45) is 5.63. The van der Waals surface area contributed by atoms with Crippen LogP contribution >= 0.6 is 0 Å². The van der Waals surface area contributed by atoms with Crippen molar-refractivity contribution in [2.45, 2.75) is 70.6 Å². The number of hydrogen-bond donors (Lipinski definition) is 2. The number of cyclic esters (lactones) is 1. The quantitative estimate of drug-likeness (QED) is 0.643. The molecule has 10 nitrogen and oxygen atoms in total. The van der Waals surface area contributed by atoms with E-state index in [4.69, 9.17) is 9.47 Å². The zero-order chi connectivity index (χ0) is 25.0. The predicted molar refractivity (Wildman–Crippen MR) is 128 cm³/mol. The van der Waals surface area contributed by atoms with Crippen LogP contribution in [0, 0.1) is 5.82 Å². The molecule has 11 heteroatoms. The predicted octanol–water partition coefficient (Wildman–Crippen LogP) is 4.27. The Bertz CT molecular complexity index is 1070. The van der Waals surface area contributed by atoms with Gasteiger partial charge in [0.05, 0.1) is 12.8 Å². The van der Waals surface area contributed by atoms with E-state index in [1.165, 1.54) is 11.1 Å². The average Bonchev–Trinajstić information content (AvgIpc) is 2.81. The summed E-state index contributed by atoms with van der Waals surface area (Å²) < 4.78 is 25.0. The summed E-state index contributed by atoms with van der Waals surface area (Å²) in [6.45, 7) is 6.36. The highest BCUT2D eigenvalue weighted by Gasteiger charge is 2.26. The first kappa shape index (κ1) is 24.6. The second kappa shape index (κ2) is 10.4. The first-order valence-corrected chi connectivity index (χ1v) is 11.9. The fourth-order valence-corrected chi connectivity index (χ4v) is 4.15. The van der Waals surface area contributed by atoms with Gasteiger partial charge in [0.15, 0.2) is 5.82 Å². The first-order valence-electron chi connectivity index (χ1n) is 11.9. The second-order valence-corrected chi connectivity index (χ2v) is 9.75. The highest BCUT2D eigenvalue weighted by molar-refractivity contribution is 5.87. The maximum absolute atomic E-state index is 14.6. The minimum atomic E-state index is -0.570. The third kappa shape index (κ3) is 6.55. The van der Waals surface area contributed by atoms with Gasteiger partial charge in [0.2, 0.25) is 5.95 Å². The van der Waals surface area contributed by atoms with E-state index in [0.29, 0.717) is 36.9 Å². The van der Waals surface area contributed by atoms with Crippen LogP contribution in [0.3, 0.4) is 0 Å². The Labute approximate surface area is 203 Å². The number of halogens is 1. The maximum Gasteiger partial charge on any atom is 0.415 e. The van der Waals surface area contributed by atoms with Gasteiger partial charge in [-0.3, -0.25) is 4.90 Å². The Morgan fingerprint density at radius 1 is 1.20 bits per heavy atom. The molecule has 1 aliphatic heterocycles. The van der Waals surface area contributed by atoms with Gasteiger partial charge in [-0.15, -0.1) is 0 Å². The number of carbonyl (C=O) groups is 2. The van der Waals surface area contributed by atoms with E-state index < -0.39 is 23.6 Å². The van der Waals surface area contributed by atoms with Crippen molar-refractivity contribution in [3.8, 4) is 11.3 Å². The second-order valence-electron chi connectivity index (χ2n) is 9.75. The molecule has 0 bridgehead atoms. The number of alkyl carbamates (subject to hydrolysis) is 1. The number of anilines is 2. The molecule has 1 saturated carbocycles. The van der Waals surface area contributed by atoms with Gasteiger partial charge in [-0.2, -0.15) is 0 Å². The normalized spacial score (nSPS) is 20.7. The van der Waals surface area contributed by atoms with E-state index in [2.05, 4.69) is 25.6 Å². The molecule has 2 aliphatic rings. The monoisotopic (exact) mass is 486 g/mol. The summed E-state index contributed by atoms with van der Waals surface area (Å²) in [5, 5.41) is 6.20. The highest BCUT2D eigenvalue weighted by Crippen LogP contribution is 2.27. The van der Waals surface area contributed by atoms with Crippen molar-refractivity contribution >= 4 is 24.0 Å². The number of rotatable bonds is 5. The van der Waals surface area contributed by atoms with E-state index in [9.17, 15) is 14.0 Å². The van der Waals surface area contributed by atoms with Crippen LogP contribution in [0.15, 0.2) is 24.5 Å². The van der Waals surface area contributed by atoms with E-state index >= 15 is 0 Å². The van der Waals surface area contributed by atoms with E-state index in [1.54, 1.807) is 12.1 Å². The molecule has 4 rings (SSSR count). The van der Waals surface area contributed by atoms with Gasteiger partial charge >= 0.3 is 12.2 Å². The summed E-state index contributed by atoms with van der Waals surface area (Å²) in [4.78, 5) is 38.2. The maximum atomic E-state index is 14.6. The lowest BCUT2D eigenvalue weighted by atomic mass is 9.91. The average molecular weight is 487 g/mol. The van der Waals surface area contributed by atoms with Crippen LogP contribution in [0.2, 0.25) is 0 Å². The van der Waals surface area contributed by atoms with Gasteiger partial charge in [0.25, 0.3) is 0 Å². The molecule has 2 N–H and O–H groups in total. The SMILES string of the molecule is CC(C)(C)OC(=O)N[C@H]1CC[C@H](Nc2ncc(F)c(-c3ccnc(N4CCCOC4=O)c3)n2)CC1. The van der Waals surface area contributed by atoms with Crippen LogP contribution in [0.1, 0.15) is 52.9 Å². The van der Waals surface area contributed by atoms with Crippen molar-refractivity contribution in [1.82, 2.24) is 20.3 Å². The molecular formula is C24H31FN6O4. The van der Waals surface area contributed by atoms with Crippen LogP contribution < -0.4 is 15.5 Å². The van der Waals surface area contributed by atoms with E-state index in [0.717, 1.165) is 31.9 Å². The van der Waals surface area contributed by atoms with Crippen molar-refractivity contribution in [3.63, 3.8) is 0 Å². The van der Waals surface area contributed by atoms with Crippen LogP contribution in [0.4, 0.5) is 25.7 Å². The number of aromatic nitrogens is 3. The minimum Gasteiger partial charge on any atom is -0.449 e. The molecule has 0 aromatic carbocycles. The lowest BCUT2D eigenvalue weighted by molar-refractivity contribution is 0.0492. The molecule has 0 atom stereocenters. The van der Waals surface area contributed by atoms with Crippen LogP contribution in [0.25, 0.3) is 11.3 Å². The van der Waals surface area contributed by atoms with Crippen LogP contribution in [-0.4, -0.2) is 58.0 Å². The van der Waals surface area contributed by atoms with Gasteiger partial charge in [-0.25, -0.2) is 28.9 Å². The lowest BCUT2D eigenvalue weighted by Gasteiger charge is -2.30. The lowest BCUT2D eigenvalue weighted by Crippen LogP contribution is -2.42. The molecule has 1 saturated heterocycles. The molecule has 188 valence electrons. The number of pyridine rings is 1. The number of amides is 2. The number of hydrogen-bond acceptors (Lipinski definition) is 8. The molecule has 3 heterocycles. The van der Waals surface area contributed by atoms with Gasteiger partial charge < -0.3 is 20.1 Å². The Hall–Kier alpha value is -3.50. The topological polar surface area (TPSA) is 119 Å². The zero-order valence-electron chi connectivity index (χ0n) is 20.2. The number of carbonyl (C=O) groups excluding carboxylic acids is 2. The van der Waals surface area contributed by atoms with Crippen molar-refractivity contribution in [1.29, 1.82) is 0 Å². The van der Waals surface area contributed by atoms with Crippen LogP contribution in [0.5, 0.6) is 0 Å². The van der Waals surface area contributed by atoms with Crippen molar-refractivity contribution in [2.24, 2.45) is 0 Å². The zero-order valence-corrected chi connectivity index (χ0v) is 20.2. The molecule has 1 aliphatic carbocycles. The van der Waals surface area contributed by atoms with Crippen LogP contribution in [-0.2, 0) is 9.47 Å². The summed E-state index contributed by atoms with van der Waals surface area (Å²) in [5.41, 5.74) is 0.0750. The summed E-state index contributed by atoms with van der Waals surface area (Å²) in [6, 6.07) is 3.40. The summed E-state index contributed by atoms with van der Waals surface area (Å²) in [5.74, 6) is 0.135. The smallest absolute Gasteiger partial charge is 0.415 e. The van der Waals surface area contributed by atoms with Crippen molar-refractivity contribution < 1.29 is 23.5 Å². The largest absolute Gasteiger partial charge is 0.449 e. The molecular weight excluding hydrogens is 455 g/mol. The Balaban J connectivity index is 1.39.